The molecule has 0 aliphatic carbocycles. The van der Waals surface area contributed by atoms with Crippen LogP contribution in [0.4, 0.5) is 0 Å². The third-order valence-electron chi connectivity index (χ3n) is 3.42. The van der Waals surface area contributed by atoms with Crippen LogP contribution in [0.5, 0.6) is 0 Å². The number of nitrogens with zero attached hydrogens (tertiary/aromatic N) is 5. The Kier molecular flexibility index (Phi) is 3.23. The molecule has 108 valence electrons. The predicted molar refractivity (Wildman–Crippen MR) is 86.9 cm³/mol. The molecule has 0 spiro atoms. The van der Waals surface area contributed by atoms with Crippen molar-refractivity contribution in [1.82, 2.24) is 19.9 Å². The Morgan fingerprint density at radius 1 is 1.05 bits per heavy atom. The maximum atomic E-state index is 4.66. The number of benzene rings is 1. The molecule has 3 heterocycles. The normalized spacial score (nSPS) is 17.0. The van der Waals surface area contributed by atoms with Crippen molar-refractivity contribution >= 4 is 17.5 Å². The predicted octanol–water partition coefficient (Wildman–Crippen LogP) is 3.09. The van der Waals surface area contributed by atoms with Gasteiger partial charge in [-0.25, -0.2) is 0 Å². The van der Waals surface area contributed by atoms with Gasteiger partial charge >= 0.3 is 0 Å². The van der Waals surface area contributed by atoms with Crippen LogP contribution in [0.3, 0.4) is 0 Å². The van der Waals surface area contributed by atoms with Gasteiger partial charge in [-0.1, -0.05) is 42.1 Å². The van der Waals surface area contributed by atoms with E-state index in [1.807, 2.05) is 30.3 Å². The maximum Gasteiger partial charge on any atom is 0.211 e. The zero-order valence-electron chi connectivity index (χ0n) is 11.9. The first-order valence-corrected chi connectivity index (χ1v) is 7.87. The highest BCUT2D eigenvalue weighted by Crippen LogP contribution is 2.30. The van der Waals surface area contributed by atoms with Crippen molar-refractivity contribution in [3.63, 3.8) is 0 Å². The van der Waals surface area contributed by atoms with E-state index in [1.54, 1.807) is 28.9 Å². The first kappa shape index (κ1) is 13.2. The van der Waals surface area contributed by atoms with Crippen LogP contribution in [-0.2, 0) is 0 Å². The Hall–Kier alpha value is -2.47. The molecule has 3 aromatic rings. The molecule has 1 aromatic carbocycles. The van der Waals surface area contributed by atoms with E-state index in [9.17, 15) is 0 Å². The van der Waals surface area contributed by atoms with Crippen molar-refractivity contribution in [3.8, 4) is 11.4 Å². The van der Waals surface area contributed by atoms with E-state index in [1.165, 1.54) is 0 Å². The molecule has 1 aliphatic rings. The number of thioether (sulfide) groups is 1. The largest absolute Gasteiger partial charge is 0.264 e. The maximum absolute atomic E-state index is 4.66. The lowest BCUT2D eigenvalue weighted by Gasteiger charge is -2.18. The summed E-state index contributed by atoms with van der Waals surface area (Å²) in [4.78, 5) is 10.3. The average Bonchev–Trinajstić information content (AvgIpc) is 2.98. The van der Waals surface area contributed by atoms with Gasteiger partial charge in [0, 0.05) is 18.0 Å². The summed E-state index contributed by atoms with van der Waals surface area (Å²) in [6, 6.07) is 14.0. The van der Waals surface area contributed by atoms with Crippen molar-refractivity contribution in [2.45, 2.75) is 17.3 Å². The Balaban J connectivity index is 1.77. The van der Waals surface area contributed by atoms with Gasteiger partial charge in [-0.2, -0.15) is 10.1 Å². The Morgan fingerprint density at radius 2 is 1.86 bits per heavy atom. The SMILES string of the molecule is CC1Sc2nc(-c3cccnc3)nn2N=C1c1ccccc1. The lowest BCUT2D eigenvalue weighted by molar-refractivity contribution is 0.654. The Labute approximate surface area is 132 Å². The van der Waals surface area contributed by atoms with Gasteiger partial charge in [-0.05, 0) is 24.6 Å². The molecule has 4 rings (SSSR count). The second kappa shape index (κ2) is 5.38. The molecule has 0 radical (unpaired) electrons. The van der Waals surface area contributed by atoms with Crippen LogP contribution >= 0.6 is 11.8 Å². The van der Waals surface area contributed by atoms with Crippen molar-refractivity contribution in [2.75, 3.05) is 0 Å². The fraction of sp³-hybridized carbons (Fsp3) is 0.125. The fourth-order valence-electron chi connectivity index (χ4n) is 2.34. The summed E-state index contributed by atoms with van der Waals surface area (Å²) in [6.07, 6.45) is 3.50. The lowest BCUT2D eigenvalue weighted by atomic mass is 10.1. The highest BCUT2D eigenvalue weighted by atomic mass is 32.2. The number of rotatable bonds is 2. The van der Waals surface area contributed by atoms with E-state index in [2.05, 4.69) is 39.2 Å². The summed E-state index contributed by atoms with van der Waals surface area (Å²) in [7, 11) is 0. The molecule has 5 nitrogen and oxygen atoms in total. The molecule has 1 unspecified atom stereocenters. The lowest BCUT2D eigenvalue weighted by Crippen LogP contribution is -2.21. The van der Waals surface area contributed by atoms with E-state index >= 15 is 0 Å². The van der Waals surface area contributed by atoms with Crippen molar-refractivity contribution in [1.29, 1.82) is 0 Å². The van der Waals surface area contributed by atoms with Crippen LogP contribution < -0.4 is 0 Å². The monoisotopic (exact) mass is 307 g/mol. The minimum atomic E-state index is 0.237. The molecule has 0 N–H and O–H groups in total. The minimum Gasteiger partial charge on any atom is -0.264 e. The van der Waals surface area contributed by atoms with Crippen LogP contribution in [0, 0.1) is 0 Å². The molecule has 0 amide bonds. The van der Waals surface area contributed by atoms with Gasteiger partial charge in [0.2, 0.25) is 5.16 Å². The van der Waals surface area contributed by atoms with E-state index in [0.717, 1.165) is 22.0 Å². The highest BCUT2D eigenvalue weighted by Gasteiger charge is 2.24. The molecule has 22 heavy (non-hydrogen) atoms. The molecule has 0 bridgehead atoms. The molecular formula is C16H13N5S. The topological polar surface area (TPSA) is 56.0 Å². The summed E-state index contributed by atoms with van der Waals surface area (Å²) in [6.45, 7) is 2.14. The molecule has 0 saturated heterocycles. The first-order chi connectivity index (χ1) is 10.8. The third-order valence-corrected chi connectivity index (χ3v) is 4.46. The van der Waals surface area contributed by atoms with Crippen LogP contribution in [0.1, 0.15) is 12.5 Å². The molecule has 0 saturated carbocycles. The smallest absolute Gasteiger partial charge is 0.211 e. The molecular weight excluding hydrogens is 294 g/mol. The van der Waals surface area contributed by atoms with Crippen molar-refractivity contribution < 1.29 is 0 Å². The Morgan fingerprint density at radius 3 is 2.64 bits per heavy atom. The zero-order valence-corrected chi connectivity index (χ0v) is 12.7. The van der Waals surface area contributed by atoms with Crippen LogP contribution in [-0.4, -0.2) is 30.8 Å². The zero-order chi connectivity index (χ0) is 14.9. The van der Waals surface area contributed by atoms with Gasteiger partial charge in [0.15, 0.2) is 5.82 Å². The van der Waals surface area contributed by atoms with E-state index in [-0.39, 0.29) is 5.25 Å². The van der Waals surface area contributed by atoms with Crippen LogP contribution in [0.25, 0.3) is 11.4 Å². The summed E-state index contributed by atoms with van der Waals surface area (Å²) < 4.78 is 0. The van der Waals surface area contributed by atoms with Gasteiger partial charge in [0.1, 0.15) is 0 Å². The molecule has 0 fully saturated rings. The van der Waals surface area contributed by atoms with Gasteiger partial charge in [0.05, 0.1) is 11.0 Å². The second-order valence-electron chi connectivity index (χ2n) is 4.96. The van der Waals surface area contributed by atoms with Crippen LogP contribution in [0.15, 0.2) is 65.1 Å². The highest BCUT2D eigenvalue weighted by molar-refractivity contribution is 8.00. The fourth-order valence-corrected chi connectivity index (χ4v) is 3.27. The summed E-state index contributed by atoms with van der Waals surface area (Å²) in [5.74, 6) is 0.654. The molecule has 6 heteroatoms. The number of hydrogen-bond acceptors (Lipinski definition) is 5. The van der Waals surface area contributed by atoms with E-state index in [0.29, 0.717) is 5.82 Å². The summed E-state index contributed by atoms with van der Waals surface area (Å²) in [5, 5.41) is 10.2. The molecule has 1 aliphatic heterocycles. The quantitative estimate of drug-likeness (QED) is 0.730. The first-order valence-electron chi connectivity index (χ1n) is 6.99. The Bertz CT molecular complexity index is 826. The van der Waals surface area contributed by atoms with Crippen LogP contribution in [0.2, 0.25) is 0 Å². The van der Waals surface area contributed by atoms with Gasteiger partial charge in [-0.3, -0.25) is 4.98 Å². The number of hydrogen-bond donors (Lipinski definition) is 0. The van der Waals surface area contributed by atoms with E-state index < -0.39 is 0 Å². The molecule has 1 atom stereocenters. The van der Waals surface area contributed by atoms with Gasteiger partial charge in [0.25, 0.3) is 0 Å². The van der Waals surface area contributed by atoms with Gasteiger partial charge in [-0.15, -0.1) is 9.89 Å². The minimum absolute atomic E-state index is 0.237. The molecule has 2 aromatic heterocycles. The second-order valence-corrected chi connectivity index (χ2v) is 6.27. The van der Waals surface area contributed by atoms with E-state index in [4.69, 9.17) is 0 Å². The number of pyridine rings is 1. The summed E-state index contributed by atoms with van der Waals surface area (Å²) >= 11 is 1.67. The van der Waals surface area contributed by atoms with Crippen molar-refractivity contribution in [2.24, 2.45) is 5.10 Å². The van der Waals surface area contributed by atoms with Gasteiger partial charge < -0.3 is 0 Å². The summed E-state index contributed by atoms with van der Waals surface area (Å²) in [5.41, 5.74) is 3.03. The third kappa shape index (κ3) is 2.31. The van der Waals surface area contributed by atoms with Crippen molar-refractivity contribution in [3.05, 3.63) is 60.4 Å². The number of fused-ring (bicyclic) bond motifs is 1. The standard InChI is InChI=1S/C16H13N5S/c1-11-14(12-6-3-2-4-7-12)19-21-16(22-11)18-15(20-21)13-8-5-9-17-10-13/h2-11H,1H3. The number of aromatic nitrogens is 4. The average molecular weight is 307 g/mol.